The van der Waals surface area contributed by atoms with Crippen molar-refractivity contribution in [1.82, 2.24) is 10.2 Å². The van der Waals surface area contributed by atoms with Crippen molar-refractivity contribution in [2.24, 2.45) is 0 Å². The van der Waals surface area contributed by atoms with E-state index in [2.05, 4.69) is 47.6 Å². The van der Waals surface area contributed by atoms with E-state index < -0.39 is 0 Å². The van der Waals surface area contributed by atoms with E-state index in [9.17, 15) is 4.79 Å². The molecular formula is C21H20ClN3OS. The minimum Gasteiger partial charge on any atom is -0.325 e. The monoisotopic (exact) mass is 397 g/mol. The summed E-state index contributed by atoms with van der Waals surface area (Å²) < 4.78 is 0. The lowest BCUT2D eigenvalue weighted by Gasteiger charge is -2.08. The van der Waals surface area contributed by atoms with E-state index in [0.29, 0.717) is 15.7 Å². The van der Waals surface area contributed by atoms with E-state index in [1.807, 2.05) is 31.2 Å². The number of nitrogens with zero attached hydrogens (tertiary/aromatic N) is 2. The third kappa shape index (κ3) is 5.08. The minimum atomic E-state index is -0.111. The standard InChI is InChI=1S/C21H20ClN3OS/c1-13-4-7-17(15(3)10-13)19-8-9-21(25-24-19)27-12-20(26)23-16-6-5-14(2)18(22)11-16/h4-11H,12H2,1-3H3,(H,23,26). The Hall–Kier alpha value is -2.37. The Morgan fingerprint density at radius 1 is 1.00 bits per heavy atom. The van der Waals surface area contributed by atoms with Crippen LogP contribution in [-0.2, 0) is 4.79 Å². The molecule has 1 heterocycles. The number of aromatic nitrogens is 2. The van der Waals surface area contributed by atoms with Gasteiger partial charge in [-0.3, -0.25) is 4.79 Å². The van der Waals surface area contributed by atoms with Crippen LogP contribution in [-0.4, -0.2) is 21.9 Å². The highest BCUT2D eigenvalue weighted by Gasteiger charge is 2.08. The van der Waals surface area contributed by atoms with Crippen molar-refractivity contribution in [3.63, 3.8) is 0 Å². The van der Waals surface area contributed by atoms with Crippen LogP contribution in [0.2, 0.25) is 5.02 Å². The molecule has 0 unspecified atom stereocenters. The SMILES string of the molecule is Cc1ccc(-c2ccc(SCC(=O)Nc3ccc(C)c(Cl)c3)nn2)c(C)c1. The van der Waals surface area contributed by atoms with Gasteiger partial charge in [-0.15, -0.1) is 10.2 Å². The summed E-state index contributed by atoms with van der Waals surface area (Å²) in [6, 6.07) is 15.5. The average molecular weight is 398 g/mol. The van der Waals surface area contributed by atoms with Gasteiger partial charge in [0, 0.05) is 16.3 Å². The number of hydrogen-bond acceptors (Lipinski definition) is 4. The molecule has 0 aliphatic heterocycles. The third-order valence-corrected chi connectivity index (χ3v) is 5.43. The van der Waals surface area contributed by atoms with Gasteiger partial charge in [-0.05, 0) is 56.2 Å². The molecule has 0 spiro atoms. The fourth-order valence-corrected chi connectivity index (χ4v) is 3.44. The number of carbonyl (C=O) groups excluding carboxylic acids is 1. The Labute approximate surface area is 168 Å². The summed E-state index contributed by atoms with van der Waals surface area (Å²) in [6.45, 7) is 6.05. The number of aryl methyl sites for hydroxylation is 3. The van der Waals surface area contributed by atoms with Crippen LogP contribution in [0.15, 0.2) is 53.6 Å². The second-order valence-corrected chi connectivity index (χ2v) is 7.78. The van der Waals surface area contributed by atoms with E-state index >= 15 is 0 Å². The fraction of sp³-hybridized carbons (Fsp3) is 0.190. The van der Waals surface area contributed by atoms with Crippen LogP contribution in [0.1, 0.15) is 16.7 Å². The Kier molecular flexibility index (Phi) is 6.14. The number of thioether (sulfide) groups is 1. The van der Waals surface area contributed by atoms with Crippen LogP contribution in [0.4, 0.5) is 5.69 Å². The lowest BCUT2D eigenvalue weighted by atomic mass is 10.0. The van der Waals surface area contributed by atoms with Crippen molar-refractivity contribution in [3.8, 4) is 11.3 Å². The summed E-state index contributed by atoms with van der Waals surface area (Å²) >= 11 is 7.43. The molecule has 0 saturated heterocycles. The zero-order valence-electron chi connectivity index (χ0n) is 15.4. The summed E-state index contributed by atoms with van der Waals surface area (Å²) in [7, 11) is 0. The first kappa shape index (κ1) is 19.4. The summed E-state index contributed by atoms with van der Waals surface area (Å²) in [4.78, 5) is 12.1. The maximum absolute atomic E-state index is 12.1. The van der Waals surface area contributed by atoms with Gasteiger partial charge in [-0.1, -0.05) is 53.2 Å². The topological polar surface area (TPSA) is 54.9 Å². The van der Waals surface area contributed by atoms with Crippen molar-refractivity contribution >= 4 is 35.0 Å². The smallest absolute Gasteiger partial charge is 0.234 e. The molecule has 1 N–H and O–H groups in total. The summed E-state index contributed by atoms with van der Waals surface area (Å²) in [6.07, 6.45) is 0. The van der Waals surface area contributed by atoms with Crippen molar-refractivity contribution in [2.75, 3.05) is 11.1 Å². The Morgan fingerprint density at radius 3 is 2.48 bits per heavy atom. The molecule has 0 fully saturated rings. The van der Waals surface area contributed by atoms with Crippen LogP contribution in [0.25, 0.3) is 11.3 Å². The molecule has 0 saturated carbocycles. The molecule has 2 aromatic carbocycles. The van der Waals surface area contributed by atoms with Gasteiger partial charge in [0.1, 0.15) is 5.03 Å². The highest BCUT2D eigenvalue weighted by Crippen LogP contribution is 2.24. The summed E-state index contributed by atoms with van der Waals surface area (Å²) in [5.41, 5.74) is 5.95. The number of halogens is 1. The van der Waals surface area contributed by atoms with Gasteiger partial charge in [-0.25, -0.2) is 0 Å². The Balaban J connectivity index is 1.59. The van der Waals surface area contributed by atoms with E-state index in [1.165, 1.54) is 22.9 Å². The molecule has 4 nitrogen and oxygen atoms in total. The summed E-state index contributed by atoms with van der Waals surface area (Å²) in [5, 5.41) is 12.7. The predicted molar refractivity (Wildman–Crippen MR) is 112 cm³/mol. The van der Waals surface area contributed by atoms with Gasteiger partial charge in [0.15, 0.2) is 0 Å². The van der Waals surface area contributed by atoms with E-state index in [0.717, 1.165) is 16.8 Å². The first-order chi connectivity index (χ1) is 12.9. The maximum atomic E-state index is 12.1. The number of rotatable bonds is 5. The Morgan fingerprint density at radius 2 is 1.81 bits per heavy atom. The average Bonchev–Trinajstić information content (AvgIpc) is 2.64. The van der Waals surface area contributed by atoms with Gasteiger partial charge >= 0.3 is 0 Å². The van der Waals surface area contributed by atoms with Crippen LogP contribution in [0.5, 0.6) is 0 Å². The van der Waals surface area contributed by atoms with E-state index in [1.54, 1.807) is 6.07 Å². The molecule has 0 aliphatic rings. The summed E-state index contributed by atoms with van der Waals surface area (Å²) in [5.74, 6) is 0.142. The molecule has 1 amide bonds. The normalized spacial score (nSPS) is 10.7. The van der Waals surface area contributed by atoms with Crippen molar-refractivity contribution in [3.05, 3.63) is 70.2 Å². The third-order valence-electron chi connectivity index (χ3n) is 4.10. The zero-order valence-corrected chi connectivity index (χ0v) is 17.0. The molecule has 1 aromatic heterocycles. The molecule has 3 rings (SSSR count). The fourth-order valence-electron chi connectivity index (χ4n) is 2.65. The number of hydrogen-bond donors (Lipinski definition) is 1. The van der Waals surface area contributed by atoms with E-state index in [-0.39, 0.29) is 11.7 Å². The highest BCUT2D eigenvalue weighted by molar-refractivity contribution is 7.99. The van der Waals surface area contributed by atoms with Crippen molar-refractivity contribution < 1.29 is 4.79 Å². The lowest BCUT2D eigenvalue weighted by molar-refractivity contribution is -0.113. The molecule has 27 heavy (non-hydrogen) atoms. The van der Waals surface area contributed by atoms with Crippen LogP contribution in [0, 0.1) is 20.8 Å². The number of anilines is 1. The Bertz CT molecular complexity index is 974. The van der Waals surface area contributed by atoms with Crippen molar-refractivity contribution in [1.29, 1.82) is 0 Å². The van der Waals surface area contributed by atoms with Crippen LogP contribution in [0.3, 0.4) is 0 Å². The molecular weight excluding hydrogens is 378 g/mol. The van der Waals surface area contributed by atoms with Gasteiger partial charge in [0.05, 0.1) is 11.4 Å². The molecule has 0 atom stereocenters. The predicted octanol–water partition coefficient (Wildman–Crippen LogP) is 5.45. The van der Waals surface area contributed by atoms with Gasteiger partial charge in [0.2, 0.25) is 5.91 Å². The molecule has 0 radical (unpaired) electrons. The van der Waals surface area contributed by atoms with Gasteiger partial charge < -0.3 is 5.32 Å². The first-order valence-electron chi connectivity index (χ1n) is 8.52. The number of nitrogens with one attached hydrogen (secondary N) is 1. The second-order valence-electron chi connectivity index (χ2n) is 6.38. The number of carbonyl (C=O) groups is 1. The molecule has 6 heteroatoms. The molecule has 0 aliphatic carbocycles. The molecule has 3 aromatic rings. The van der Waals surface area contributed by atoms with E-state index in [4.69, 9.17) is 11.6 Å². The lowest BCUT2D eigenvalue weighted by Crippen LogP contribution is -2.14. The molecule has 0 bridgehead atoms. The first-order valence-corrected chi connectivity index (χ1v) is 9.89. The van der Waals surface area contributed by atoms with Gasteiger partial charge in [0.25, 0.3) is 0 Å². The minimum absolute atomic E-state index is 0.111. The number of amides is 1. The number of benzene rings is 2. The quantitative estimate of drug-likeness (QED) is 0.581. The zero-order chi connectivity index (χ0) is 19.4. The highest BCUT2D eigenvalue weighted by atomic mass is 35.5. The van der Waals surface area contributed by atoms with Crippen molar-refractivity contribution in [2.45, 2.75) is 25.8 Å². The van der Waals surface area contributed by atoms with Gasteiger partial charge in [-0.2, -0.15) is 0 Å². The second kappa shape index (κ2) is 8.55. The van der Waals surface area contributed by atoms with Crippen LogP contribution >= 0.6 is 23.4 Å². The van der Waals surface area contributed by atoms with Crippen LogP contribution < -0.4 is 5.32 Å². The molecule has 138 valence electrons. The maximum Gasteiger partial charge on any atom is 0.234 e. The largest absolute Gasteiger partial charge is 0.325 e.